The van der Waals surface area contributed by atoms with Gasteiger partial charge in [0.1, 0.15) is 0 Å². The zero-order valence-electron chi connectivity index (χ0n) is 11.3. The second-order valence-electron chi connectivity index (χ2n) is 5.20. The fourth-order valence-corrected chi connectivity index (χ4v) is 2.72. The molecular formula is C15H22N2O. The maximum atomic E-state index is 12.6. The summed E-state index contributed by atoms with van der Waals surface area (Å²) in [7, 11) is 0. The number of benzene rings is 1. The van der Waals surface area contributed by atoms with E-state index in [0.29, 0.717) is 6.54 Å². The molecule has 1 aliphatic rings. The molecule has 1 aliphatic heterocycles. The van der Waals surface area contributed by atoms with Crippen LogP contribution in [0.25, 0.3) is 0 Å². The summed E-state index contributed by atoms with van der Waals surface area (Å²) in [5, 5.41) is 0. The molecule has 0 bridgehead atoms. The molecule has 1 aromatic rings. The van der Waals surface area contributed by atoms with Gasteiger partial charge in [0.25, 0.3) is 5.91 Å². The quantitative estimate of drug-likeness (QED) is 0.870. The molecule has 1 unspecified atom stereocenters. The number of nitrogens with zero attached hydrogens (tertiary/aromatic N) is 1. The van der Waals surface area contributed by atoms with E-state index in [9.17, 15) is 4.79 Å². The van der Waals surface area contributed by atoms with Crippen molar-refractivity contribution in [3.8, 4) is 0 Å². The Hall–Kier alpha value is -1.35. The molecule has 3 heteroatoms. The Labute approximate surface area is 109 Å². The summed E-state index contributed by atoms with van der Waals surface area (Å²) in [4.78, 5) is 14.5. The van der Waals surface area contributed by atoms with Gasteiger partial charge in [0.15, 0.2) is 0 Å². The van der Waals surface area contributed by atoms with E-state index in [0.717, 1.165) is 30.5 Å². The molecule has 0 saturated carbocycles. The molecule has 1 saturated heterocycles. The summed E-state index contributed by atoms with van der Waals surface area (Å²) < 4.78 is 0. The molecule has 98 valence electrons. The molecule has 18 heavy (non-hydrogen) atoms. The average Bonchev–Trinajstić information content (AvgIpc) is 2.38. The zero-order valence-corrected chi connectivity index (χ0v) is 11.3. The first-order valence-corrected chi connectivity index (χ1v) is 6.71. The Morgan fingerprint density at radius 1 is 1.39 bits per heavy atom. The number of likely N-dealkylation sites (tertiary alicyclic amines) is 1. The van der Waals surface area contributed by atoms with Crippen molar-refractivity contribution in [3.05, 3.63) is 34.9 Å². The topological polar surface area (TPSA) is 46.3 Å². The van der Waals surface area contributed by atoms with Gasteiger partial charge in [0.2, 0.25) is 0 Å². The molecule has 0 aliphatic carbocycles. The molecule has 1 aromatic carbocycles. The van der Waals surface area contributed by atoms with Crippen LogP contribution in [0.1, 0.15) is 40.7 Å². The molecule has 1 heterocycles. The number of piperidine rings is 1. The van der Waals surface area contributed by atoms with E-state index in [2.05, 4.69) is 6.07 Å². The van der Waals surface area contributed by atoms with E-state index in [1.807, 2.05) is 30.9 Å². The lowest BCUT2D eigenvalue weighted by atomic mass is 9.99. The van der Waals surface area contributed by atoms with Crippen LogP contribution in [0, 0.1) is 13.8 Å². The number of aryl methyl sites for hydroxylation is 2. The first kappa shape index (κ1) is 13.1. The Morgan fingerprint density at radius 2 is 2.17 bits per heavy atom. The monoisotopic (exact) mass is 246 g/mol. The lowest BCUT2D eigenvalue weighted by Gasteiger charge is -2.35. The highest BCUT2D eigenvalue weighted by molar-refractivity contribution is 5.96. The Kier molecular flexibility index (Phi) is 4.02. The highest BCUT2D eigenvalue weighted by Crippen LogP contribution is 2.21. The maximum absolute atomic E-state index is 12.6. The molecule has 1 amide bonds. The minimum atomic E-state index is 0.141. The zero-order chi connectivity index (χ0) is 13.1. The Balaban J connectivity index is 2.24. The number of carbonyl (C=O) groups excluding carboxylic acids is 1. The third-order valence-corrected chi connectivity index (χ3v) is 3.77. The predicted octanol–water partition coefficient (Wildman–Crippen LogP) is 2.26. The van der Waals surface area contributed by atoms with Crippen LogP contribution in [0.2, 0.25) is 0 Å². The minimum Gasteiger partial charge on any atom is -0.334 e. The van der Waals surface area contributed by atoms with Crippen molar-refractivity contribution in [1.82, 2.24) is 4.90 Å². The standard InChI is InChI=1S/C15H22N2O/c1-11-6-7-14(12(2)9-11)15(18)17-8-4-3-5-13(17)10-16/h6-7,9,13H,3-5,8,10,16H2,1-2H3. The fourth-order valence-electron chi connectivity index (χ4n) is 2.72. The number of hydrogen-bond acceptors (Lipinski definition) is 2. The third-order valence-electron chi connectivity index (χ3n) is 3.77. The van der Waals surface area contributed by atoms with Gasteiger partial charge in [-0.15, -0.1) is 0 Å². The van der Waals surface area contributed by atoms with E-state index in [1.165, 1.54) is 12.0 Å². The van der Waals surface area contributed by atoms with Gasteiger partial charge in [-0.25, -0.2) is 0 Å². The highest BCUT2D eigenvalue weighted by atomic mass is 16.2. The van der Waals surface area contributed by atoms with Crippen LogP contribution >= 0.6 is 0 Å². The number of rotatable bonds is 2. The molecular weight excluding hydrogens is 224 g/mol. The van der Waals surface area contributed by atoms with E-state index >= 15 is 0 Å². The van der Waals surface area contributed by atoms with E-state index in [-0.39, 0.29) is 11.9 Å². The van der Waals surface area contributed by atoms with Crippen LogP contribution in [0.5, 0.6) is 0 Å². The first-order valence-electron chi connectivity index (χ1n) is 6.71. The van der Waals surface area contributed by atoms with Gasteiger partial charge in [-0.3, -0.25) is 4.79 Å². The minimum absolute atomic E-state index is 0.141. The molecule has 1 fully saturated rings. The summed E-state index contributed by atoms with van der Waals surface area (Å²) in [6, 6.07) is 6.22. The molecule has 0 radical (unpaired) electrons. The van der Waals surface area contributed by atoms with Gasteiger partial charge in [0.05, 0.1) is 0 Å². The van der Waals surface area contributed by atoms with Crippen LogP contribution in [-0.2, 0) is 0 Å². The number of nitrogens with two attached hydrogens (primary N) is 1. The van der Waals surface area contributed by atoms with Gasteiger partial charge >= 0.3 is 0 Å². The van der Waals surface area contributed by atoms with E-state index in [4.69, 9.17) is 5.73 Å². The van der Waals surface area contributed by atoms with Crippen molar-refractivity contribution < 1.29 is 4.79 Å². The second-order valence-corrected chi connectivity index (χ2v) is 5.20. The average molecular weight is 246 g/mol. The van der Waals surface area contributed by atoms with Gasteiger partial charge in [0, 0.05) is 24.7 Å². The first-order chi connectivity index (χ1) is 8.63. The lowest BCUT2D eigenvalue weighted by Crippen LogP contribution is -2.47. The van der Waals surface area contributed by atoms with Crippen molar-refractivity contribution in [2.24, 2.45) is 5.73 Å². The van der Waals surface area contributed by atoms with Gasteiger partial charge in [-0.1, -0.05) is 17.7 Å². The summed E-state index contributed by atoms with van der Waals surface area (Å²) in [6.07, 6.45) is 3.30. The van der Waals surface area contributed by atoms with Crippen LogP contribution in [0.3, 0.4) is 0 Å². The smallest absolute Gasteiger partial charge is 0.254 e. The molecule has 2 rings (SSSR count). The van der Waals surface area contributed by atoms with Crippen molar-refractivity contribution >= 4 is 5.91 Å². The van der Waals surface area contributed by atoms with Crippen LogP contribution in [0.15, 0.2) is 18.2 Å². The number of amides is 1. The van der Waals surface area contributed by atoms with E-state index < -0.39 is 0 Å². The molecule has 0 spiro atoms. The normalized spacial score (nSPS) is 19.9. The summed E-state index contributed by atoms with van der Waals surface area (Å²) in [6.45, 7) is 5.46. The number of carbonyl (C=O) groups is 1. The predicted molar refractivity (Wildman–Crippen MR) is 73.6 cm³/mol. The van der Waals surface area contributed by atoms with Crippen molar-refractivity contribution in [2.45, 2.75) is 39.2 Å². The molecule has 0 aromatic heterocycles. The van der Waals surface area contributed by atoms with E-state index in [1.54, 1.807) is 0 Å². The third kappa shape index (κ3) is 2.56. The SMILES string of the molecule is Cc1ccc(C(=O)N2CCCCC2CN)c(C)c1. The molecule has 1 atom stereocenters. The molecule has 3 nitrogen and oxygen atoms in total. The molecule has 2 N–H and O–H groups in total. The van der Waals surface area contributed by atoms with Crippen LogP contribution in [-0.4, -0.2) is 29.9 Å². The number of hydrogen-bond donors (Lipinski definition) is 1. The van der Waals surface area contributed by atoms with Gasteiger partial charge in [-0.2, -0.15) is 0 Å². The maximum Gasteiger partial charge on any atom is 0.254 e. The van der Waals surface area contributed by atoms with Gasteiger partial charge in [-0.05, 0) is 44.7 Å². The summed E-state index contributed by atoms with van der Waals surface area (Å²) in [5.41, 5.74) is 8.85. The highest BCUT2D eigenvalue weighted by Gasteiger charge is 2.26. The second kappa shape index (κ2) is 5.53. The van der Waals surface area contributed by atoms with Gasteiger partial charge < -0.3 is 10.6 Å². The van der Waals surface area contributed by atoms with Crippen LogP contribution < -0.4 is 5.73 Å². The lowest BCUT2D eigenvalue weighted by molar-refractivity contribution is 0.0622. The summed E-state index contributed by atoms with van der Waals surface area (Å²) >= 11 is 0. The van der Waals surface area contributed by atoms with Crippen molar-refractivity contribution in [1.29, 1.82) is 0 Å². The Morgan fingerprint density at radius 3 is 2.83 bits per heavy atom. The largest absolute Gasteiger partial charge is 0.334 e. The fraction of sp³-hybridized carbons (Fsp3) is 0.533. The van der Waals surface area contributed by atoms with Crippen molar-refractivity contribution in [3.63, 3.8) is 0 Å². The summed E-state index contributed by atoms with van der Waals surface area (Å²) in [5.74, 6) is 0.141. The Bertz CT molecular complexity index is 442. The van der Waals surface area contributed by atoms with Crippen molar-refractivity contribution in [2.75, 3.05) is 13.1 Å². The van der Waals surface area contributed by atoms with Crippen LogP contribution in [0.4, 0.5) is 0 Å².